The van der Waals surface area contributed by atoms with Gasteiger partial charge in [0.2, 0.25) is 0 Å². The van der Waals surface area contributed by atoms with E-state index in [-0.39, 0.29) is 6.04 Å². The molecule has 0 aliphatic carbocycles. The van der Waals surface area contributed by atoms with E-state index in [1.807, 2.05) is 12.1 Å². The number of ether oxygens (including phenoxy) is 1. The van der Waals surface area contributed by atoms with Crippen LogP contribution in [0.5, 0.6) is 5.75 Å². The molecular formula is C25H26N2O. The fourth-order valence-electron chi connectivity index (χ4n) is 3.77. The van der Waals surface area contributed by atoms with Crippen molar-refractivity contribution in [3.05, 3.63) is 83.4 Å². The molecule has 28 heavy (non-hydrogen) atoms. The lowest BCUT2D eigenvalue weighted by atomic mass is 9.93. The number of methoxy groups -OCH3 is 1. The van der Waals surface area contributed by atoms with Gasteiger partial charge in [0.1, 0.15) is 11.6 Å². The number of anilines is 1. The van der Waals surface area contributed by atoms with Gasteiger partial charge in [-0.3, -0.25) is 4.99 Å². The highest BCUT2D eigenvalue weighted by Crippen LogP contribution is 2.37. The summed E-state index contributed by atoms with van der Waals surface area (Å²) in [5.74, 6) is 2.17. The van der Waals surface area contributed by atoms with Gasteiger partial charge in [-0.2, -0.15) is 0 Å². The lowest BCUT2D eigenvalue weighted by Crippen LogP contribution is -2.22. The van der Waals surface area contributed by atoms with Crippen molar-refractivity contribution < 1.29 is 4.74 Å². The molecule has 1 aliphatic heterocycles. The number of para-hydroxylation sites is 1. The maximum Gasteiger partial charge on any atom is 0.133 e. The van der Waals surface area contributed by atoms with Crippen LogP contribution in [-0.2, 0) is 0 Å². The SMILES string of the molecule is COc1cc(C2=NC(C)c3cccc(C(C)C)c3N2)cc(-c2ccccc2)c1. The van der Waals surface area contributed by atoms with Gasteiger partial charge < -0.3 is 10.1 Å². The zero-order chi connectivity index (χ0) is 19.7. The van der Waals surface area contributed by atoms with E-state index >= 15 is 0 Å². The van der Waals surface area contributed by atoms with Crippen molar-refractivity contribution in [1.29, 1.82) is 0 Å². The Morgan fingerprint density at radius 1 is 0.893 bits per heavy atom. The molecule has 0 saturated carbocycles. The Kier molecular flexibility index (Phi) is 4.91. The third-order valence-electron chi connectivity index (χ3n) is 5.29. The smallest absolute Gasteiger partial charge is 0.133 e. The highest BCUT2D eigenvalue weighted by Gasteiger charge is 2.22. The zero-order valence-electron chi connectivity index (χ0n) is 16.9. The van der Waals surface area contributed by atoms with Crippen LogP contribution in [0.4, 0.5) is 5.69 Å². The number of nitrogens with zero attached hydrogens (tertiary/aromatic N) is 1. The number of nitrogens with one attached hydrogen (secondary N) is 1. The van der Waals surface area contributed by atoms with E-state index in [0.717, 1.165) is 28.3 Å². The molecule has 4 rings (SSSR count). The molecule has 3 heteroatoms. The van der Waals surface area contributed by atoms with Crippen LogP contribution in [0.1, 0.15) is 49.4 Å². The molecule has 1 N–H and O–H groups in total. The molecule has 0 fully saturated rings. The molecular weight excluding hydrogens is 344 g/mol. The van der Waals surface area contributed by atoms with Crippen molar-refractivity contribution in [3.8, 4) is 16.9 Å². The summed E-state index contributed by atoms with van der Waals surface area (Å²) in [6.45, 7) is 6.61. The zero-order valence-corrected chi connectivity index (χ0v) is 16.9. The van der Waals surface area contributed by atoms with E-state index in [2.05, 4.69) is 80.7 Å². The van der Waals surface area contributed by atoms with Crippen LogP contribution < -0.4 is 10.1 Å². The third-order valence-corrected chi connectivity index (χ3v) is 5.29. The first-order chi connectivity index (χ1) is 13.6. The molecule has 0 spiro atoms. The van der Waals surface area contributed by atoms with Gasteiger partial charge in [-0.05, 0) is 47.7 Å². The first-order valence-corrected chi connectivity index (χ1v) is 9.79. The molecule has 0 amide bonds. The minimum atomic E-state index is 0.108. The fourth-order valence-corrected chi connectivity index (χ4v) is 3.77. The maximum atomic E-state index is 5.58. The molecule has 3 aromatic rings. The number of hydrogen-bond acceptors (Lipinski definition) is 3. The van der Waals surface area contributed by atoms with Gasteiger partial charge in [-0.25, -0.2) is 0 Å². The largest absolute Gasteiger partial charge is 0.497 e. The van der Waals surface area contributed by atoms with E-state index in [9.17, 15) is 0 Å². The molecule has 0 radical (unpaired) electrons. The normalized spacial score (nSPS) is 15.6. The van der Waals surface area contributed by atoms with E-state index in [1.54, 1.807) is 7.11 Å². The van der Waals surface area contributed by atoms with Gasteiger partial charge in [-0.1, -0.05) is 62.4 Å². The van der Waals surface area contributed by atoms with Gasteiger partial charge in [0.25, 0.3) is 0 Å². The van der Waals surface area contributed by atoms with Gasteiger partial charge in [0, 0.05) is 16.8 Å². The van der Waals surface area contributed by atoms with Crippen LogP contribution in [0.15, 0.2) is 71.7 Å². The quantitative estimate of drug-likeness (QED) is 0.575. The summed E-state index contributed by atoms with van der Waals surface area (Å²) >= 11 is 0. The first kappa shape index (κ1) is 18.3. The second-order valence-electron chi connectivity index (χ2n) is 7.56. The first-order valence-electron chi connectivity index (χ1n) is 9.79. The number of aliphatic imine (C=N–C) groups is 1. The van der Waals surface area contributed by atoms with Crippen LogP contribution in [0.3, 0.4) is 0 Å². The van der Waals surface area contributed by atoms with E-state index in [4.69, 9.17) is 9.73 Å². The molecule has 1 unspecified atom stereocenters. The van der Waals surface area contributed by atoms with Crippen molar-refractivity contribution in [3.63, 3.8) is 0 Å². The summed E-state index contributed by atoms with van der Waals surface area (Å²) in [7, 11) is 1.71. The van der Waals surface area contributed by atoms with Crippen LogP contribution in [-0.4, -0.2) is 12.9 Å². The Morgan fingerprint density at radius 3 is 2.36 bits per heavy atom. The summed E-state index contributed by atoms with van der Waals surface area (Å²) in [6, 6.07) is 23.3. The van der Waals surface area contributed by atoms with Crippen molar-refractivity contribution in [2.24, 2.45) is 4.99 Å². The van der Waals surface area contributed by atoms with Gasteiger partial charge in [0.15, 0.2) is 0 Å². The van der Waals surface area contributed by atoms with Crippen LogP contribution in [0.2, 0.25) is 0 Å². The number of amidine groups is 1. The van der Waals surface area contributed by atoms with E-state index in [1.165, 1.54) is 16.8 Å². The number of rotatable bonds is 4. The summed E-state index contributed by atoms with van der Waals surface area (Å²) in [5, 5.41) is 3.62. The maximum absolute atomic E-state index is 5.58. The predicted molar refractivity (Wildman–Crippen MR) is 118 cm³/mol. The summed E-state index contributed by atoms with van der Waals surface area (Å²) < 4.78 is 5.58. The molecule has 3 nitrogen and oxygen atoms in total. The molecule has 142 valence electrons. The van der Waals surface area contributed by atoms with Crippen molar-refractivity contribution in [2.45, 2.75) is 32.7 Å². The monoisotopic (exact) mass is 370 g/mol. The number of fused-ring (bicyclic) bond motifs is 1. The molecule has 1 atom stereocenters. The lowest BCUT2D eigenvalue weighted by Gasteiger charge is -2.27. The van der Waals surface area contributed by atoms with Crippen LogP contribution in [0.25, 0.3) is 11.1 Å². The average molecular weight is 370 g/mol. The topological polar surface area (TPSA) is 33.6 Å². The van der Waals surface area contributed by atoms with E-state index in [0.29, 0.717) is 5.92 Å². The lowest BCUT2D eigenvalue weighted by molar-refractivity contribution is 0.415. The molecule has 1 heterocycles. The Hall–Kier alpha value is -3.07. The summed E-state index contributed by atoms with van der Waals surface area (Å²) in [5.41, 5.74) is 7.09. The second kappa shape index (κ2) is 7.51. The molecule has 3 aromatic carbocycles. The summed E-state index contributed by atoms with van der Waals surface area (Å²) in [6.07, 6.45) is 0. The number of hydrogen-bond donors (Lipinski definition) is 1. The molecule has 0 saturated heterocycles. The van der Waals surface area contributed by atoms with Gasteiger partial charge >= 0.3 is 0 Å². The van der Waals surface area contributed by atoms with Crippen molar-refractivity contribution >= 4 is 11.5 Å². The number of benzene rings is 3. The van der Waals surface area contributed by atoms with E-state index < -0.39 is 0 Å². The molecule has 0 bridgehead atoms. The fraction of sp³-hybridized carbons (Fsp3) is 0.240. The molecule has 1 aliphatic rings. The van der Waals surface area contributed by atoms with Crippen LogP contribution >= 0.6 is 0 Å². The Labute approximate surface area is 167 Å². The highest BCUT2D eigenvalue weighted by molar-refractivity contribution is 6.11. The average Bonchev–Trinajstić information content (AvgIpc) is 2.73. The minimum absolute atomic E-state index is 0.108. The predicted octanol–water partition coefficient (Wildman–Crippen LogP) is 6.42. The van der Waals surface area contributed by atoms with Crippen molar-refractivity contribution in [1.82, 2.24) is 0 Å². The van der Waals surface area contributed by atoms with Crippen molar-refractivity contribution in [2.75, 3.05) is 12.4 Å². The Morgan fingerprint density at radius 2 is 1.64 bits per heavy atom. The third kappa shape index (κ3) is 3.40. The highest BCUT2D eigenvalue weighted by atomic mass is 16.5. The van der Waals surface area contributed by atoms with Gasteiger partial charge in [0.05, 0.1) is 13.2 Å². The van der Waals surface area contributed by atoms with Crippen LogP contribution in [0, 0.1) is 0 Å². The summed E-state index contributed by atoms with van der Waals surface area (Å²) in [4.78, 5) is 4.95. The Bertz CT molecular complexity index is 1020. The second-order valence-corrected chi connectivity index (χ2v) is 7.56. The minimum Gasteiger partial charge on any atom is -0.497 e. The standard InChI is InChI=1S/C25H26N2O/c1-16(2)22-11-8-12-23-17(3)26-25(27-24(22)23)20-13-19(14-21(15-20)28-4)18-9-6-5-7-10-18/h5-17H,1-4H3,(H,26,27). The van der Waals surface area contributed by atoms with Gasteiger partial charge in [-0.15, -0.1) is 0 Å². The Balaban J connectivity index is 1.80. The molecule has 0 aromatic heterocycles.